The van der Waals surface area contributed by atoms with Gasteiger partial charge in [-0.3, -0.25) is 9.59 Å². The fourth-order valence-electron chi connectivity index (χ4n) is 3.76. The zero-order chi connectivity index (χ0) is 12.8. The lowest BCUT2D eigenvalue weighted by atomic mass is 9.59. The van der Waals surface area contributed by atoms with Crippen LogP contribution in [0.5, 0.6) is 0 Å². The number of carbonyl (C=O) groups is 2. The van der Waals surface area contributed by atoms with Crippen LogP contribution in [0.3, 0.4) is 0 Å². The van der Waals surface area contributed by atoms with Crippen molar-refractivity contribution in [3.63, 3.8) is 0 Å². The Kier molecular flexibility index (Phi) is 3.04. The summed E-state index contributed by atoms with van der Waals surface area (Å²) in [7, 11) is 0. The van der Waals surface area contributed by atoms with Gasteiger partial charge in [-0.25, -0.2) is 0 Å². The zero-order valence-electron chi connectivity index (χ0n) is 11.2. The number of rotatable bonds is 1. The molecule has 2 aliphatic rings. The van der Waals surface area contributed by atoms with Crippen molar-refractivity contribution in [3.05, 3.63) is 0 Å². The molecule has 0 aromatic heterocycles. The molecule has 2 fully saturated rings. The standard InChI is InChI=1S/C14H22O3/c1-5-8-10(14(2,3)4)7-6-9-11(8)13(16)17-12(9)15/h8-11H,5-7H2,1-4H3. The van der Waals surface area contributed by atoms with Gasteiger partial charge in [0.05, 0.1) is 11.8 Å². The van der Waals surface area contributed by atoms with E-state index in [0.717, 1.165) is 19.3 Å². The molecule has 0 bridgehead atoms. The van der Waals surface area contributed by atoms with Gasteiger partial charge in [0.25, 0.3) is 0 Å². The predicted molar refractivity (Wildman–Crippen MR) is 64.0 cm³/mol. The van der Waals surface area contributed by atoms with E-state index >= 15 is 0 Å². The summed E-state index contributed by atoms with van der Waals surface area (Å²) in [6.07, 6.45) is 2.80. The van der Waals surface area contributed by atoms with Crippen molar-refractivity contribution in [3.8, 4) is 0 Å². The van der Waals surface area contributed by atoms with Gasteiger partial charge in [-0.05, 0) is 30.1 Å². The van der Waals surface area contributed by atoms with Crippen LogP contribution < -0.4 is 0 Å². The summed E-state index contributed by atoms with van der Waals surface area (Å²) < 4.78 is 4.82. The summed E-state index contributed by atoms with van der Waals surface area (Å²) >= 11 is 0. The molecule has 4 unspecified atom stereocenters. The molecule has 1 aliphatic heterocycles. The Balaban J connectivity index is 2.29. The molecule has 0 N–H and O–H groups in total. The highest BCUT2D eigenvalue weighted by molar-refractivity contribution is 5.96. The van der Waals surface area contributed by atoms with Crippen LogP contribution in [0.15, 0.2) is 0 Å². The number of cyclic esters (lactones) is 2. The van der Waals surface area contributed by atoms with Crippen molar-refractivity contribution in [2.75, 3.05) is 0 Å². The number of hydrogen-bond acceptors (Lipinski definition) is 3. The highest BCUT2D eigenvalue weighted by atomic mass is 16.6. The summed E-state index contributed by atoms with van der Waals surface area (Å²) in [4.78, 5) is 23.4. The maximum Gasteiger partial charge on any atom is 0.317 e. The minimum Gasteiger partial charge on any atom is -0.393 e. The molecule has 1 aliphatic carbocycles. The lowest BCUT2D eigenvalue weighted by molar-refractivity contribution is -0.154. The van der Waals surface area contributed by atoms with E-state index in [1.807, 2.05) is 0 Å². The molecule has 0 radical (unpaired) electrons. The Labute approximate surface area is 103 Å². The van der Waals surface area contributed by atoms with E-state index in [-0.39, 0.29) is 29.2 Å². The highest BCUT2D eigenvalue weighted by Crippen LogP contribution is 2.50. The van der Waals surface area contributed by atoms with E-state index in [0.29, 0.717) is 11.8 Å². The van der Waals surface area contributed by atoms with E-state index in [2.05, 4.69) is 27.7 Å². The first-order valence-electron chi connectivity index (χ1n) is 6.61. The molecule has 3 nitrogen and oxygen atoms in total. The second-order valence-corrected chi connectivity index (χ2v) is 6.49. The van der Waals surface area contributed by atoms with Gasteiger partial charge in [0.15, 0.2) is 0 Å². The van der Waals surface area contributed by atoms with E-state index in [1.54, 1.807) is 0 Å². The van der Waals surface area contributed by atoms with Crippen molar-refractivity contribution in [1.82, 2.24) is 0 Å². The largest absolute Gasteiger partial charge is 0.393 e. The van der Waals surface area contributed by atoms with Crippen LogP contribution in [-0.4, -0.2) is 11.9 Å². The highest BCUT2D eigenvalue weighted by Gasteiger charge is 2.54. The molecule has 2 rings (SSSR count). The number of esters is 2. The first-order chi connectivity index (χ1) is 7.86. The molecule has 0 amide bonds. The molecular weight excluding hydrogens is 216 g/mol. The molecule has 1 heterocycles. The van der Waals surface area contributed by atoms with Gasteiger partial charge in [-0.15, -0.1) is 0 Å². The SMILES string of the molecule is CCC1C2C(=O)OC(=O)C2CCC1C(C)(C)C. The summed E-state index contributed by atoms with van der Waals surface area (Å²) in [5, 5.41) is 0. The zero-order valence-corrected chi connectivity index (χ0v) is 11.2. The third-order valence-electron chi connectivity index (χ3n) is 4.56. The summed E-state index contributed by atoms with van der Waals surface area (Å²) in [6, 6.07) is 0. The Morgan fingerprint density at radius 1 is 1.18 bits per heavy atom. The van der Waals surface area contributed by atoms with Crippen molar-refractivity contribution < 1.29 is 14.3 Å². The van der Waals surface area contributed by atoms with Crippen LogP contribution in [0, 0.1) is 29.1 Å². The van der Waals surface area contributed by atoms with Crippen molar-refractivity contribution in [2.24, 2.45) is 29.1 Å². The number of fused-ring (bicyclic) bond motifs is 1. The molecule has 3 heteroatoms. The molecule has 1 saturated heterocycles. The van der Waals surface area contributed by atoms with E-state index < -0.39 is 0 Å². The van der Waals surface area contributed by atoms with E-state index in [9.17, 15) is 9.59 Å². The van der Waals surface area contributed by atoms with Gasteiger partial charge in [-0.1, -0.05) is 34.1 Å². The first-order valence-corrected chi connectivity index (χ1v) is 6.61. The van der Waals surface area contributed by atoms with Gasteiger partial charge in [0, 0.05) is 0 Å². The molecule has 0 aromatic rings. The van der Waals surface area contributed by atoms with Crippen LogP contribution in [0.2, 0.25) is 0 Å². The predicted octanol–water partition coefficient (Wildman–Crippen LogP) is 2.78. The van der Waals surface area contributed by atoms with Crippen molar-refractivity contribution in [2.45, 2.75) is 47.0 Å². The second-order valence-electron chi connectivity index (χ2n) is 6.49. The minimum absolute atomic E-state index is 0.161. The Hall–Kier alpha value is -0.860. The lowest BCUT2D eigenvalue weighted by Crippen LogP contribution is -2.41. The van der Waals surface area contributed by atoms with Gasteiger partial charge >= 0.3 is 11.9 Å². The van der Waals surface area contributed by atoms with Crippen molar-refractivity contribution >= 4 is 11.9 Å². The van der Waals surface area contributed by atoms with Gasteiger partial charge in [0.1, 0.15) is 0 Å². The van der Waals surface area contributed by atoms with E-state index in [1.165, 1.54) is 0 Å². The maximum absolute atomic E-state index is 11.8. The summed E-state index contributed by atoms with van der Waals surface area (Å²) in [6.45, 7) is 8.79. The fraction of sp³-hybridized carbons (Fsp3) is 0.857. The molecule has 1 saturated carbocycles. The quantitative estimate of drug-likeness (QED) is 0.521. The topological polar surface area (TPSA) is 43.4 Å². The number of hydrogen-bond donors (Lipinski definition) is 0. The lowest BCUT2D eigenvalue weighted by Gasteiger charge is -2.43. The minimum atomic E-state index is -0.286. The van der Waals surface area contributed by atoms with Gasteiger partial charge < -0.3 is 4.74 Å². The van der Waals surface area contributed by atoms with Gasteiger partial charge in [-0.2, -0.15) is 0 Å². The Bertz CT molecular complexity index is 340. The molecular formula is C14H22O3. The van der Waals surface area contributed by atoms with Crippen LogP contribution in [0.25, 0.3) is 0 Å². The Morgan fingerprint density at radius 2 is 1.82 bits per heavy atom. The number of carbonyl (C=O) groups excluding carboxylic acids is 2. The van der Waals surface area contributed by atoms with Crippen LogP contribution in [-0.2, 0) is 14.3 Å². The summed E-state index contributed by atoms with van der Waals surface area (Å²) in [5.74, 6) is -0.0944. The van der Waals surface area contributed by atoms with Gasteiger partial charge in [0.2, 0.25) is 0 Å². The first kappa shape index (κ1) is 12.6. The Morgan fingerprint density at radius 3 is 2.35 bits per heavy atom. The average molecular weight is 238 g/mol. The third-order valence-corrected chi connectivity index (χ3v) is 4.56. The smallest absolute Gasteiger partial charge is 0.317 e. The van der Waals surface area contributed by atoms with Crippen molar-refractivity contribution in [1.29, 1.82) is 0 Å². The maximum atomic E-state index is 11.8. The van der Waals surface area contributed by atoms with Crippen LogP contribution in [0.1, 0.15) is 47.0 Å². The van der Waals surface area contributed by atoms with Crippen LogP contribution >= 0.6 is 0 Å². The molecule has 0 aromatic carbocycles. The molecule has 96 valence electrons. The monoisotopic (exact) mass is 238 g/mol. The normalized spacial score (nSPS) is 37.9. The average Bonchev–Trinajstić information content (AvgIpc) is 2.52. The van der Waals surface area contributed by atoms with Crippen LogP contribution in [0.4, 0.5) is 0 Å². The molecule has 0 spiro atoms. The fourth-order valence-corrected chi connectivity index (χ4v) is 3.76. The second kappa shape index (κ2) is 4.11. The molecule has 17 heavy (non-hydrogen) atoms. The van der Waals surface area contributed by atoms with E-state index in [4.69, 9.17) is 4.74 Å². The molecule has 4 atom stereocenters. The third kappa shape index (κ3) is 2.00. The number of ether oxygens (including phenoxy) is 1. The summed E-state index contributed by atoms with van der Waals surface area (Å²) in [5.41, 5.74) is 0.192.